The molecular weight excluding hydrogens is 391 g/mol. The minimum atomic E-state index is -1.26. The van der Waals surface area contributed by atoms with E-state index in [0.717, 1.165) is 28.1 Å². The van der Waals surface area contributed by atoms with Crippen molar-refractivity contribution in [1.82, 2.24) is 10.3 Å². The molecular formula is C22H21FN2O5. The number of rotatable bonds is 7. The van der Waals surface area contributed by atoms with Gasteiger partial charge in [0.2, 0.25) is 0 Å². The minimum Gasteiger partial charge on any atom is -0.496 e. The van der Waals surface area contributed by atoms with Gasteiger partial charge in [0.05, 0.1) is 14.2 Å². The normalized spacial score (nSPS) is 12.5. The van der Waals surface area contributed by atoms with Gasteiger partial charge in [-0.3, -0.25) is 9.59 Å². The maximum absolute atomic E-state index is 14.4. The lowest BCUT2D eigenvalue weighted by Crippen LogP contribution is -2.38. The quantitative estimate of drug-likeness (QED) is 0.513. The Bertz CT molecular complexity index is 1140. The molecule has 0 fully saturated rings. The van der Waals surface area contributed by atoms with Crippen LogP contribution in [0.3, 0.4) is 0 Å². The molecule has 1 heterocycles. The number of H-pyrrole nitrogens is 1. The number of methoxy groups -OCH3 is 2. The second kappa shape index (κ2) is 8.69. The lowest BCUT2D eigenvalue weighted by molar-refractivity contribution is -0.140. The van der Waals surface area contributed by atoms with Crippen molar-refractivity contribution in [3.63, 3.8) is 0 Å². The largest absolute Gasteiger partial charge is 0.496 e. The highest BCUT2D eigenvalue weighted by atomic mass is 19.1. The van der Waals surface area contributed by atoms with Gasteiger partial charge in [-0.25, -0.2) is 4.39 Å². The molecule has 3 rings (SSSR count). The van der Waals surface area contributed by atoms with E-state index in [9.17, 15) is 14.0 Å². The van der Waals surface area contributed by atoms with Crippen LogP contribution in [-0.4, -0.2) is 42.2 Å². The average Bonchev–Trinajstić information content (AvgIpc) is 3.20. The lowest BCUT2D eigenvalue weighted by Gasteiger charge is -2.14. The van der Waals surface area contributed by atoms with Crippen molar-refractivity contribution in [2.24, 2.45) is 0 Å². The predicted octanol–water partition coefficient (Wildman–Crippen LogP) is 3.75. The predicted molar refractivity (Wildman–Crippen MR) is 111 cm³/mol. The molecule has 8 heteroatoms. The van der Waals surface area contributed by atoms with E-state index in [1.165, 1.54) is 21.1 Å². The number of nitrogens with one attached hydrogen (secondary N) is 2. The van der Waals surface area contributed by atoms with Gasteiger partial charge in [0.1, 0.15) is 17.5 Å². The molecule has 3 N–H and O–H groups in total. The zero-order valence-corrected chi connectivity index (χ0v) is 16.7. The van der Waals surface area contributed by atoms with Gasteiger partial charge in [-0.15, -0.1) is 0 Å². The molecule has 7 nitrogen and oxygen atoms in total. The van der Waals surface area contributed by atoms with Gasteiger partial charge in [-0.05, 0) is 54.3 Å². The molecule has 1 amide bonds. The molecule has 1 aromatic heterocycles. The van der Waals surface area contributed by atoms with Gasteiger partial charge in [0, 0.05) is 22.8 Å². The second-order valence-electron chi connectivity index (χ2n) is 6.60. The first-order valence-electron chi connectivity index (χ1n) is 9.08. The molecule has 1 atom stereocenters. The average molecular weight is 412 g/mol. The lowest BCUT2D eigenvalue weighted by atomic mass is 10.00. The van der Waals surface area contributed by atoms with Crippen LogP contribution in [0.2, 0.25) is 0 Å². The second-order valence-corrected chi connectivity index (χ2v) is 6.60. The summed E-state index contributed by atoms with van der Waals surface area (Å²) in [6.45, 7) is 1.24. The molecule has 2 aromatic carbocycles. The number of ether oxygens (including phenoxy) is 2. The molecule has 30 heavy (non-hydrogen) atoms. The molecule has 0 aliphatic rings. The van der Waals surface area contributed by atoms with Crippen LogP contribution >= 0.6 is 0 Å². The van der Waals surface area contributed by atoms with Crippen molar-refractivity contribution in [3.8, 4) is 22.6 Å². The number of carboxylic acid groups (broad SMARTS) is 1. The highest BCUT2D eigenvalue weighted by Gasteiger charge is 2.19. The molecule has 0 aliphatic heterocycles. The molecule has 0 unspecified atom stereocenters. The Morgan fingerprint density at radius 3 is 2.53 bits per heavy atom. The fourth-order valence-corrected chi connectivity index (χ4v) is 3.01. The molecule has 0 saturated heterocycles. The monoisotopic (exact) mass is 412 g/mol. The maximum Gasteiger partial charge on any atom is 0.325 e. The summed E-state index contributed by atoms with van der Waals surface area (Å²) in [5, 5.41) is 11.9. The highest BCUT2D eigenvalue weighted by Crippen LogP contribution is 2.38. The fourth-order valence-electron chi connectivity index (χ4n) is 3.01. The zero-order chi connectivity index (χ0) is 21.8. The van der Waals surface area contributed by atoms with Crippen LogP contribution in [0, 0.1) is 0 Å². The standard InChI is InChI=1S/C22H21FN2O5/c1-12(22(27)28)25-21(26)17(23)9-15-10-20(30-3)16(11-19(15)29-2)13-4-5-18-14(8-13)6-7-24-18/h4-12,24H,1-3H3,(H,25,26)(H,27,28)/t12-/m1/s1. The number of hydrogen-bond acceptors (Lipinski definition) is 4. The number of amides is 1. The van der Waals surface area contributed by atoms with E-state index in [1.807, 2.05) is 30.5 Å². The van der Waals surface area contributed by atoms with Crippen molar-refractivity contribution in [2.75, 3.05) is 14.2 Å². The first kappa shape index (κ1) is 20.9. The van der Waals surface area contributed by atoms with E-state index in [2.05, 4.69) is 10.3 Å². The summed E-state index contributed by atoms with van der Waals surface area (Å²) >= 11 is 0. The molecule has 156 valence electrons. The van der Waals surface area contributed by atoms with Crippen molar-refractivity contribution in [1.29, 1.82) is 0 Å². The summed E-state index contributed by atoms with van der Waals surface area (Å²) < 4.78 is 25.2. The molecule has 0 aliphatic carbocycles. The van der Waals surface area contributed by atoms with Crippen LogP contribution in [0.15, 0.2) is 48.4 Å². The minimum absolute atomic E-state index is 0.274. The topological polar surface area (TPSA) is 101 Å². The summed E-state index contributed by atoms with van der Waals surface area (Å²) in [6.07, 6.45) is 2.82. The van der Waals surface area contributed by atoms with Crippen molar-refractivity contribution in [3.05, 3.63) is 54.0 Å². The number of hydrogen-bond donors (Lipinski definition) is 3. The van der Waals surface area contributed by atoms with E-state index in [-0.39, 0.29) is 5.56 Å². The van der Waals surface area contributed by atoms with Crippen molar-refractivity contribution in [2.45, 2.75) is 13.0 Å². The Kier molecular flexibility index (Phi) is 6.06. The Labute approximate surface area is 172 Å². The number of fused-ring (bicyclic) bond motifs is 1. The zero-order valence-electron chi connectivity index (χ0n) is 16.7. The SMILES string of the molecule is COc1cc(-c2ccc3[nH]ccc3c2)c(OC)cc1C=C(F)C(=O)N[C@H](C)C(=O)O. The summed E-state index contributed by atoms with van der Waals surface area (Å²) in [5.74, 6) is -2.75. The third-order valence-corrected chi connectivity index (χ3v) is 4.63. The Morgan fingerprint density at radius 2 is 1.87 bits per heavy atom. The van der Waals surface area contributed by atoms with Crippen LogP contribution in [-0.2, 0) is 9.59 Å². The number of aromatic amines is 1. The summed E-state index contributed by atoms with van der Waals surface area (Å²) in [6, 6.07) is 9.84. The molecule has 0 saturated carbocycles. The van der Waals surface area contributed by atoms with Gasteiger partial charge in [0.15, 0.2) is 5.83 Å². The van der Waals surface area contributed by atoms with E-state index < -0.39 is 23.7 Å². The maximum atomic E-state index is 14.4. The fraction of sp³-hybridized carbons (Fsp3) is 0.182. The number of aliphatic carboxylic acids is 1. The number of carbonyl (C=O) groups is 2. The summed E-state index contributed by atoms with van der Waals surface area (Å²) in [5.41, 5.74) is 2.88. The van der Waals surface area contributed by atoms with Crippen LogP contribution in [0.1, 0.15) is 12.5 Å². The molecule has 0 radical (unpaired) electrons. The van der Waals surface area contributed by atoms with Gasteiger partial charge >= 0.3 is 5.97 Å². The third-order valence-electron chi connectivity index (χ3n) is 4.63. The Hall–Kier alpha value is -3.81. The number of aromatic nitrogens is 1. The number of halogens is 1. The van der Waals surface area contributed by atoms with Crippen molar-refractivity contribution < 1.29 is 28.6 Å². The summed E-state index contributed by atoms with van der Waals surface area (Å²) in [7, 11) is 2.92. The van der Waals surface area contributed by atoms with Gasteiger partial charge in [-0.1, -0.05) is 6.07 Å². The number of carbonyl (C=O) groups excluding carboxylic acids is 1. The molecule has 0 bridgehead atoms. The third kappa shape index (κ3) is 4.27. The van der Waals surface area contributed by atoms with Crippen molar-refractivity contribution >= 4 is 28.9 Å². The van der Waals surface area contributed by atoms with Crippen LogP contribution in [0.5, 0.6) is 11.5 Å². The molecule has 0 spiro atoms. The van der Waals surface area contributed by atoms with E-state index in [4.69, 9.17) is 14.6 Å². The number of carboxylic acids is 1. The van der Waals surface area contributed by atoms with Crippen LogP contribution < -0.4 is 14.8 Å². The highest BCUT2D eigenvalue weighted by molar-refractivity contribution is 5.98. The smallest absolute Gasteiger partial charge is 0.325 e. The van der Waals surface area contributed by atoms with E-state index in [1.54, 1.807) is 12.1 Å². The Morgan fingerprint density at radius 1 is 1.13 bits per heavy atom. The van der Waals surface area contributed by atoms with Gasteiger partial charge < -0.3 is 24.9 Å². The van der Waals surface area contributed by atoms with E-state index in [0.29, 0.717) is 11.5 Å². The first-order valence-corrected chi connectivity index (χ1v) is 9.08. The first-order chi connectivity index (χ1) is 14.3. The number of benzene rings is 2. The Balaban J connectivity index is 2.00. The van der Waals surface area contributed by atoms with E-state index >= 15 is 0 Å². The van der Waals surface area contributed by atoms with Gasteiger partial charge in [-0.2, -0.15) is 0 Å². The van der Waals surface area contributed by atoms with Crippen LogP contribution in [0.25, 0.3) is 28.1 Å². The van der Waals surface area contributed by atoms with Crippen LogP contribution in [0.4, 0.5) is 4.39 Å². The summed E-state index contributed by atoms with van der Waals surface area (Å²) in [4.78, 5) is 25.9. The molecule has 3 aromatic rings. The van der Waals surface area contributed by atoms with Gasteiger partial charge in [0.25, 0.3) is 5.91 Å².